The van der Waals surface area contributed by atoms with E-state index in [0.717, 1.165) is 0 Å². The summed E-state index contributed by atoms with van der Waals surface area (Å²) in [5, 5.41) is 0. The highest BCUT2D eigenvalue weighted by Gasteiger charge is 2.31. The number of hydrogen-bond acceptors (Lipinski definition) is 3. The van der Waals surface area contributed by atoms with Crippen molar-refractivity contribution in [3.05, 3.63) is 35.4 Å². The molecular weight excluding hydrogens is 258 g/mol. The number of nitrogens with two attached hydrogens (primary N) is 1. The molecule has 2 atom stereocenters. The summed E-state index contributed by atoms with van der Waals surface area (Å²) in [4.78, 5) is 5.22. The summed E-state index contributed by atoms with van der Waals surface area (Å²) in [7, 11) is 0. The lowest BCUT2D eigenvalue weighted by molar-refractivity contribution is 0.0657. The van der Waals surface area contributed by atoms with Crippen LogP contribution in [-0.4, -0.2) is 48.1 Å². The Balaban J connectivity index is 1.72. The van der Waals surface area contributed by atoms with E-state index in [9.17, 15) is 0 Å². The first kappa shape index (κ1) is 15.0. The Labute approximate surface area is 129 Å². The van der Waals surface area contributed by atoms with Gasteiger partial charge in [0.1, 0.15) is 0 Å². The Morgan fingerprint density at radius 1 is 1.10 bits per heavy atom. The zero-order chi connectivity index (χ0) is 14.8. The number of piperazine rings is 1. The van der Waals surface area contributed by atoms with Crippen LogP contribution < -0.4 is 5.73 Å². The number of aryl methyl sites for hydroxylation is 1. The fraction of sp³-hybridized carbons (Fsp3) is 0.667. The minimum Gasteiger partial charge on any atom is -0.323 e. The number of rotatable bonds is 2. The van der Waals surface area contributed by atoms with Gasteiger partial charge in [-0.2, -0.15) is 0 Å². The first-order valence-electron chi connectivity index (χ1n) is 8.48. The molecule has 2 aliphatic rings. The molecule has 3 rings (SSSR count). The fourth-order valence-corrected chi connectivity index (χ4v) is 3.97. The van der Waals surface area contributed by atoms with Crippen LogP contribution in [0.25, 0.3) is 0 Å². The van der Waals surface area contributed by atoms with Crippen molar-refractivity contribution < 1.29 is 0 Å². The molecule has 2 N–H and O–H groups in total. The maximum absolute atomic E-state index is 6.66. The number of fused-ring (bicyclic) bond motifs is 1. The van der Waals surface area contributed by atoms with Gasteiger partial charge in [-0.15, -0.1) is 0 Å². The SMILES string of the molecule is CC(C)N1CCN(C2CCCc3ccccc3C2N)CC1. The van der Waals surface area contributed by atoms with Crippen LogP contribution in [0.4, 0.5) is 0 Å². The summed E-state index contributed by atoms with van der Waals surface area (Å²) in [6.07, 6.45) is 3.68. The quantitative estimate of drug-likeness (QED) is 0.848. The van der Waals surface area contributed by atoms with Crippen molar-refractivity contribution in [2.45, 2.75) is 51.2 Å². The second kappa shape index (κ2) is 6.47. The zero-order valence-corrected chi connectivity index (χ0v) is 13.5. The molecule has 1 fully saturated rings. The minimum atomic E-state index is 0.175. The molecule has 3 heteroatoms. The summed E-state index contributed by atoms with van der Waals surface area (Å²) < 4.78 is 0. The molecule has 21 heavy (non-hydrogen) atoms. The third-order valence-corrected chi connectivity index (χ3v) is 5.32. The van der Waals surface area contributed by atoms with E-state index in [0.29, 0.717) is 12.1 Å². The molecule has 0 amide bonds. The molecule has 0 spiro atoms. The Morgan fingerprint density at radius 2 is 1.81 bits per heavy atom. The molecule has 1 heterocycles. The van der Waals surface area contributed by atoms with Crippen molar-refractivity contribution in [2.75, 3.05) is 26.2 Å². The predicted octanol–water partition coefficient (Wildman–Crippen LogP) is 2.42. The molecular formula is C18H29N3. The van der Waals surface area contributed by atoms with Crippen LogP contribution in [0.2, 0.25) is 0 Å². The highest BCUT2D eigenvalue weighted by molar-refractivity contribution is 5.32. The van der Waals surface area contributed by atoms with Crippen LogP contribution in [0.15, 0.2) is 24.3 Å². The highest BCUT2D eigenvalue weighted by atomic mass is 15.3. The molecule has 0 bridgehead atoms. The third-order valence-electron chi connectivity index (χ3n) is 5.32. The van der Waals surface area contributed by atoms with Crippen LogP contribution in [0.1, 0.15) is 43.9 Å². The first-order chi connectivity index (χ1) is 10.2. The van der Waals surface area contributed by atoms with Crippen molar-refractivity contribution in [1.29, 1.82) is 0 Å². The van der Waals surface area contributed by atoms with Crippen molar-refractivity contribution in [3.63, 3.8) is 0 Å². The number of hydrogen-bond donors (Lipinski definition) is 1. The predicted molar refractivity (Wildman–Crippen MR) is 88.4 cm³/mol. The van der Waals surface area contributed by atoms with Gasteiger partial charge in [-0.05, 0) is 44.2 Å². The molecule has 2 unspecified atom stereocenters. The maximum atomic E-state index is 6.66. The van der Waals surface area contributed by atoms with Gasteiger partial charge in [-0.3, -0.25) is 9.80 Å². The van der Waals surface area contributed by atoms with Crippen molar-refractivity contribution in [2.24, 2.45) is 5.73 Å². The summed E-state index contributed by atoms with van der Waals surface area (Å²) in [6, 6.07) is 10.1. The Hall–Kier alpha value is -0.900. The molecule has 1 aliphatic carbocycles. The van der Waals surface area contributed by atoms with Gasteiger partial charge in [0, 0.05) is 44.3 Å². The van der Waals surface area contributed by atoms with E-state index in [1.54, 1.807) is 0 Å². The van der Waals surface area contributed by atoms with Crippen LogP contribution in [-0.2, 0) is 6.42 Å². The van der Waals surface area contributed by atoms with Gasteiger partial charge in [0.2, 0.25) is 0 Å². The lowest BCUT2D eigenvalue weighted by atomic mass is 9.95. The lowest BCUT2D eigenvalue weighted by Gasteiger charge is -2.42. The Morgan fingerprint density at radius 3 is 2.52 bits per heavy atom. The zero-order valence-electron chi connectivity index (χ0n) is 13.5. The standard InChI is InChI=1S/C18H29N3/c1-14(2)20-10-12-21(13-11-20)17-9-5-7-15-6-3-4-8-16(15)18(17)19/h3-4,6,8,14,17-18H,5,7,9-13,19H2,1-2H3. The Kier molecular flexibility index (Phi) is 4.63. The summed E-state index contributed by atoms with van der Waals surface area (Å²) >= 11 is 0. The second-order valence-electron chi connectivity index (χ2n) is 6.85. The van der Waals surface area contributed by atoms with Gasteiger partial charge in [0.05, 0.1) is 0 Å². The summed E-state index contributed by atoms with van der Waals surface area (Å²) in [5.74, 6) is 0. The van der Waals surface area contributed by atoms with Crippen LogP contribution in [0.3, 0.4) is 0 Å². The maximum Gasteiger partial charge on any atom is 0.0455 e. The monoisotopic (exact) mass is 287 g/mol. The van der Waals surface area contributed by atoms with Crippen LogP contribution in [0.5, 0.6) is 0 Å². The van der Waals surface area contributed by atoms with Gasteiger partial charge < -0.3 is 5.73 Å². The van der Waals surface area contributed by atoms with Crippen molar-refractivity contribution in [1.82, 2.24) is 9.80 Å². The van der Waals surface area contributed by atoms with Gasteiger partial charge >= 0.3 is 0 Å². The van der Waals surface area contributed by atoms with Crippen LogP contribution >= 0.6 is 0 Å². The fourth-order valence-electron chi connectivity index (χ4n) is 3.97. The average Bonchev–Trinajstić information content (AvgIpc) is 2.67. The van der Waals surface area contributed by atoms with Crippen LogP contribution in [0, 0.1) is 0 Å². The summed E-state index contributed by atoms with van der Waals surface area (Å²) in [5.41, 5.74) is 9.51. The highest BCUT2D eigenvalue weighted by Crippen LogP contribution is 2.30. The normalized spacial score (nSPS) is 28.4. The molecule has 1 aromatic carbocycles. The van der Waals surface area contributed by atoms with Gasteiger partial charge in [-0.25, -0.2) is 0 Å². The van der Waals surface area contributed by atoms with E-state index >= 15 is 0 Å². The largest absolute Gasteiger partial charge is 0.323 e. The second-order valence-corrected chi connectivity index (χ2v) is 6.85. The van der Waals surface area contributed by atoms with E-state index in [1.807, 2.05) is 0 Å². The average molecular weight is 287 g/mol. The van der Waals surface area contributed by atoms with Crippen molar-refractivity contribution in [3.8, 4) is 0 Å². The van der Waals surface area contributed by atoms with Crippen molar-refractivity contribution >= 4 is 0 Å². The smallest absolute Gasteiger partial charge is 0.0455 e. The number of nitrogens with zero attached hydrogens (tertiary/aromatic N) is 2. The topological polar surface area (TPSA) is 32.5 Å². The van der Waals surface area contributed by atoms with Gasteiger partial charge in [-0.1, -0.05) is 24.3 Å². The van der Waals surface area contributed by atoms with E-state index < -0.39 is 0 Å². The van der Waals surface area contributed by atoms with Gasteiger partial charge in [0.15, 0.2) is 0 Å². The van der Waals surface area contributed by atoms with E-state index in [2.05, 4.69) is 47.9 Å². The van der Waals surface area contributed by atoms with Gasteiger partial charge in [0.25, 0.3) is 0 Å². The van der Waals surface area contributed by atoms with E-state index in [1.165, 1.54) is 56.6 Å². The molecule has 0 aromatic heterocycles. The molecule has 0 radical (unpaired) electrons. The molecule has 1 aromatic rings. The molecule has 1 aliphatic heterocycles. The molecule has 116 valence electrons. The minimum absolute atomic E-state index is 0.175. The lowest BCUT2D eigenvalue weighted by Crippen LogP contribution is -2.54. The number of benzene rings is 1. The molecule has 3 nitrogen and oxygen atoms in total. The summed E-state index contributed by atoms with van der Waals surface area (Å²) in [6.45, 7) is 9.29. The molecule has 1 saturated heterocycles. The Bertz CT molecular complexity index is 463. The van der Waals surface area contributed by atoms with E-state index in [-0.39, 0.29) is 6.04 Å². The molecule has 0 saturated carbocycles. The first-order valence-corrected chi connectivity index (χ1v) is 8.48. The van der Waals surface area contributed by atoms with E-state index in [4.69, 9.17) is 5.73 Å². The third kappa shape index (κ3) is 3.15.